The van der Waals surface area contributed by atoms with E-state index in [-0.39, 0.29) is 12.5 Å². The molecule has 0 unspecified atom stereocenters. The van der Waals surface area contributed by atoms with Crippen LogP contribution in [0.15, 0.2) is 47.6 Å². The number of para-hydroxylation sites is 1. The molecule has 0 bridgehead atoms. The van der Waals surface area contributed by atoms with E-state index >= 15 is 0 Å². The van der Waals surface area contributed by atoms with Gasteiger partial charge in [0.1, 0.15) is 11.5 Å². The molecule has 0 fully saturated rings. The van der Waals surface area contributed by atoms with Gasteiger partial charge < -0.3 is 9.47 Å². The number of nitrogens with zero attached hydrogens (tertiary/aromatic N) is 1. The smallest absolute Gasteiger partial charge is 0.277 e. The fraction of sp³-hybridized carbons (Fsp3) is 0.125. The Morgan fingerprint density at radius 1 is 1.30 bits per heavy atom. The number of methoxy groups -OCH3 is 1. The van der Waals surface area contributed by atoms with Gasteiger partial charge in [-0.15, -0.1) is 0 Å². The van der Waals surface area contributed by atoms with E-state index in [0.717, 1.165) is 14.9 Å². The van der Waals surface area contributed by atoms with Gasteiger partial charge in [0.15, 0.2) is 6.61 Å². The lowest BCUT2D eigenvalue weighted by atomic mass is 10.2. The SMILES string of the molecule is COc1ccc(/C=N\NC(=O)COc2ccccc2Cl)cc1I. The molecule has 0 radical (unpaired) electrons. The maximum atomic E-state index is 11.7. The number of hydrazone groups is 1. The minimum absolute atomic E-state index is 0.165. The van der Waals surface area contributed by atoms with E-state index in [1.807, 2.05) is 18.2 Å². The molecule has 0 aliphatic carbocycles. The van der Waals surface area contributed by atoms with Gasteiger partial charge in [-0.2, -0.15) is 5.10 Å². The summed E-state index contributed by atoms with van der Waals surface area (Å²) < 4.78 is 11.5. The van der Waals surface area contributed by atoms with E-state index < -0.39 is 0 Å². The van der Waals surface area contributed by atoms with Crippen LogP contribution in [-0.2, 0) is 4.79 Å². The molecule has 7 heteroatoms. The van der Waals surface area contributed by atoms with E-state index in [4.69, 9.17) is 21.1 Å². The van der Waals surface area contributed by atoms with Gasteiger partial charge in [0, 0.05) is 0 Å². The van der Waals surface area contributed by atoms with Crippen LogP contribution in [0, 0.1) is 3.57 Å². The highest BCUT2D eigenvalue weighted by Crippen LogP contribution is 2.23. The minimum Gasteiger partial charge on any atom is -0.496 e. The van der Waals surface area contributed by atoms with Crippen molar-refractivity contribution in [2.45, 2.75) is 0 Å². The number of ether oxygens (including phenoxy) is 2. The summed E-state index contributed by atoms with van der Waals surface area (Å²) in [6.07, 6.45) is 1.55. The zero-order chi connectivity index (χ0) is 16.7. The predicted octanol–water partition coefficient (Wildman–Crippen LogP) is 3.48. The van der Waals surface area contributed by atoms with E-state index in [1.165, 1.54) is 0 Å². The Labute approximate surface area is 152 Å². The normalized spacial score (nSPS) is 10.6. The maximum Gasteiger partial charge on any atom is 0.277 e. The Hall–Kier alpha value is -1.80. The number of benzene rings is 2. The molecule has 0 spiro atoms. The number of hydrogen-bond acceptors (Lipinski definition) is 4. The molecule has 1 N–H and O–H groups in total. The van der Waals surface area contributed by atoms with Gasteiger partial charge in [-0.25, -0.2) is 5.43 Å². The fourth-order valence-corrected chi connectivity index (χ4v) is 2.63. The Kier molecular flexibility index (Phi) is 6.66. The molecule has 0 saturated carbocycles. The maximum absolute atomic E-state index is 11.7. The molecule has 0 aliphatic heterocycles. The molecule has 0 aliphatic rings. The van der Waals surface area contributed by atoms with Gasteiger partial charge in [-0.1, -0.05) is 23.7 Å². The second kappa shape index (κ2) is 8.73. The third-order valence-corrected chi connectivity index (χ3v) is 3.93. The number of amides is 1. The van der Waals surface area contributed by atoms with Crippen LogP contribution in [0.1, 0.15) is 5.56 Å². The lowest BCUT2D eigenvalue weighted by molar-refractivity contribution is -0.123. The van der Waals surface area contributed by atoms with Crippen LogP contribution in [0.3, 0.4) is 0 Å². The highest BCUT2D eigenvalue weighted by atomic mass is 127. The predicted molar refractivity (Wildman–Crippen MR) is 98.4 cm³/mol. The zero-order valence-corrected chi connectivity index (χ0v) is 15.2. The highest BCUT2D eigenvalue weighted by molar-refractivity contribution is 14.1. The van der Waals surface area contributed by atoms with Crippen molar-refractivity contribution in [1.82, 2.24) is 5.43 Å². The number of nitrogens with one attached hydrogen (secondary N) is 1. The molecular weight excluding hydrogens is 431 g/mol. The standard InChI is InChI=1S/C16H14ClIN2O3/c1-22-15-7-6-11(8-13(15)18)9-19-20-16(21)10-23-14-5-3-2-4-12(14)17/h2-9H,10H2,1H3,(H,20,21)/b19-9-. The lowest BCUT2D eigenvalue weighted by Gasteiger charge is -2.06. The van der Waals surface area contributed by atoms with E-state index in [1.54, 1.807) is 37.6 Å². The molecule has 0 saturated heterocycles. The molecule has 2 rings (SSSR count). The van der Waals surface area contributed by atoms with Gasteiger partial charge in [0.05, 0.1) is 21.9 Å². The van der Waals surface area contributed by atoms with Crippen molar-refractivity contribution in [2.24, 2.45) is 5.10 Å². The molecule has 2 aromatic rings. The van der Waals surface area contributed by atoms with Crippen molar-refractivity contribution in [2.75, 3.05) is 13.7 Å². The highest BCUT2D eigenvalue weighted by Gasteiger charge is 2.04. The Morgan fingerprint density at radius 2 is 2.09 bits per heavy atom. The molecule has 120 valence electrons. The number of carbonyl (C=O) groups is 1. The first-order chi connectivity index (χ1) is 11.1. The quantitative estimate of drug-likeness (QED) is 0.422. The second-order valence-corrected chi connectivity index (χ2v) is 5.98. The summed E-state index contributed by atoms with van der Waals surface area (Å²) in [6, 6.07) is 12.5. The summed E-state index contributed by atoms with van der Waals surface area (Å²) in [5.74, 6) is 0.877. The van der Waals surface area contributed by atoms with Crippen molar-refractivity contribution in [3.63, 3.8) is 0 Å². The first-order valence-corrected chi connectivity index (χ1v) is 8.08. The third-order valence-electron chi connectivity index (χ3n) is 2.77. The van der Waals surface area contributed by atoms with Crippen molar-refractivity contribution in [3.8, 4) is 11.5 Å². The summed E-state index contributed by atoms with van der Waals surface area (Å²) in [6.45, 7) is -0.165. The monoisotopic (exact) mass is 444 g/mol. The van der Waals surface area contributed by atoms with Crippen molar-refractivity contribution >= 4 is 46.3 Å². The van der Waals surface area contributed by atoms with Crippen molar-refractivity contribution in [1.29, 1.82) is 0 Å². The fourth-order valence-electron chi connectivity index (χ4n) is 1.68. The van der Waals surface area contributed by atoms with Gasteiger partial charge in [0.2, 0.25) is 0 Å². The number of carbonyl (C=O) groups excluding carboxylic acids is 1. The zero-order valence-electron chi connectivity index (χ0n) is 12.3. The van der Waals surface area contributed by atoms with E-state index in [9.17, 15) is 4.79 Å². The molecule has 2 aromatic carbocycles. The van der Waals surface area contributed by atoms with Gasteiger partial charge in [-0.05, 0) is 58.5 Å². The van der Waals surface area contributed by atoms with E-state index in [0.29, 0.717) is 10.8 Å². The first-order valence-electron chi connectivity index (χ1n) is 6.63. The summed E-state index contributed by atoms with van der Waals surface area (Å²) >= 11 is 8.10. The Morgan fingerprint density at radius 3 is 2.78 bits per heavy atom. The molecule has 1 amide bonds. The van der Waals surface area contributed by atoms with Gasteiger partial charge >= 0.3 is 0 Å². The average molecular weight is 445 g/mol. The molecule has 0 atom stereocenters. The first kappa shape index (κ1) is 17.6. The van der Waals surface area contributed by atoms with Crippen molar-refractivity contribution in [3.05, 3.63) is 56.6 Å². The summed E-state index contributed by atoms with van der Waals surface area (Å²) in [4.78, 5) is 11.7. The third kappa shape index (κ3) is 5.40. The molecule has 5 nitrogen and oxygen atoms in total. The number of hydrogen-bond donors (Lipinski definition) is 1. The molecule has 0 aromatic heterocycles. The number of halogens is 2. The lowest BCUT2D eigenvalue weighted by Crippen LogP contribution is -2.24. The summed E-state index contributed by atoms with van der Waals surface area (Å²) in [5.41, 5.74) is 3.25. The van der Waals surface area contributed by atoms with E-state index in [2.05, 4.69) is 33.1 Å². The topological polar surface area (TPSA) is 59.9 Å². The Bertz CT molecular complexity index is 722. The van der Waals surface area contributed by atoms with Crippen LogP contribution in [-0.4, -0.2) is 25.8 Å². The Balaban J connectivity index is 1.84. The number of rotatable bonds is 6. The van der Waals surface area contributed by atoms with Gasteiger partial charge in [0.25, 0.3) is 5.91 Å². The van der Waals surface area contributed by atoms with Crippen molar-refractivity contribution < 1.29 is 14.3 Å². The van der Waals surface area contributed by atoms with Gasteiger partial charge in [-0.3, -0.25) is 4.79 Å². The molecule has 23 heavy (non-hydrogen) atoms. The van der Waals surface area contributed by atoms with Crippen LogP contribution >= 0.6 is 34.2 Å². The van der Waals surface area contributed by atoms with Crippen LogP contribution in [0.2, 0.25) is 5.02 Å². The minimum atomic E-state index is -0.371. The second-order valence-electron chi connectivity index (χ2n) is 4.41. The largest absolute Gasteiger partial charge is 0.496 e. The van der Waals surface area contributed by atoms with Crippen LogP contribution < -0.4 is 14.9 Å². The molecule has 0 heterocycles. The average Bonchev–Trinajstić information content (AvgIpc) is 2.54. The van der Waals surface area contributed by atoms with Crippen LogP contribution in [0.4, 0.5) is 0 Å². The molecular formula is C16H14ClIN2O3. The summed E-state index contributed by atoms with van der Waals surface area (Å²) in [7, 11) is 1.62. The summed E-state index contributed by atoms with van der Waals surface area (Å²) in [5, 5.41) is 4.35. The van der Waals surface area contributed by atoms with Crippen LogP contribution in [0.5, 0.6) is 11.5 Å². The van der Waals surface area contributed by atoms with Crippen LogP contribution in [0.25, 0.3) is 0 Å².